The van der Waals surface area contributed by atoms with Crippen molar-refractivity contribution in [1.29, 1.82) is 0 Å². The van der Waals surface area contributed by atoms with Gasteiger partial charge in [0.05, 0.1) is 12.5 Å². The molecule has 0 unspecified atom stereocenters. The van der Waals surface area contributed by atoms with Gasteiger partial charge in [0.25, 0.3) is 5.89 Å². The molecule has 1 saturated heterocycles. The van der Waals surface area contributed by atoms with Crippen LogP contribution in [0.25, 0.3) is 0 Å². The summed E-state index contributed by atoms with van der Waals surface area (Å²) in [4.78, 5) is 18.3. The Bertz CT molecular complexity index is 611. The first kappa shape index (κ1) is 15.2. The molecule has 118 valence electrons. The van der Waals surface area contributed by atoms with Crippen LogP contribution in [-0.2, 0) is 22.6 Å². The van der Waals surface area contributed by atoms with E-state index in [0.717, 1.165) is 24.9 Å². The second-order valence-corrected chi connectivity index (χ2v) is 6.24. The van der Waals surface area contributed by atoms with Crippen molar-refractivity contribution in [2.75, 3.05) is 13.1 Å². The Labute approximate surface area is 133 Å². The minimum Gasteiger partial charge on any atom is -0.367 e. The number of likely N-dealkylation sites (tertiary alicyclic amines) is 1. The molecule has 2 aromatic rings. The van der Waals surface area contributed by atoms with Crippen LogP contribution >= 0.6 is 11.3 Å². The van der Waals surface area contributed by atoms with E-state index in [1.807, 2.05) is 21.7 Å². The molecule has 0 bridgehead atoms. The summed E-state index contributed by atoms with van der Waals surface area (Å²) in [5, 5.41) is 7.75. The number of aryl methyl sites for hydroxylation is 1. The van der Waals surface area contributed by atoms with E-state index in [0.29, 0.717) is 31.3 Å². The van der Waals surface area contributed by atoms with E-state index < -0.39 is 0 Å². The van der Waals surface area contributed by atoms with Crippen LogP contribution in [0.1, 0.15) is 30.1 Å². The van der Waals surface area contributed by atoms with Crippen molar-refractivity contribution in [3.05, 3.63) is 34.1 Å². The fourth-order valence-electron chi connectivity index (χ4n) is 2.57. The molecule has 2 aromatic heterocycles. The summed E-state index contributed by atoms with van der Waals surface area (Å²) < 4.78 is 10.8. The molecule has 0 aliphatic carbocycles. The molecule has 0 saturated carbocycles. The van der Waals surface area contributed by atoms with Crippen LogP contribution in [0.4, 0.5) is 0 Å². The number of carbonyl (C=O) groups is 1. The third kappa shape index (κ3) is 3.92. The number of amides is 1. The Morgan fingerprint density at radius 3 is 3.23 bits per heavy atom. The summed E-state index contributed by atoms with van der Waals surface area (Å²) >= 11 is 1.62. The molecular weight excluding hydrogens is 302 g/mol. The lowest BCUT2D eigenvalue weighted by atomic mass is 10.1. The molecule has 6 nitrogen and oxygen atoms in total. The molecule has 22 heavy (non-hydrogen) atoms. The van der Waals surface area contributed by atoms with Gasteiger partial charge in [-0.05, 0) is 42.2 Å². The number of ether oxygens (including phenoxy) is 1. The predicted molar refractivity (Wildman–Crippen MR) is 81.4 cm³/mol. The Hall–Kier alpha value is -1.73. The van der Waals surface area contributed by atoms with Gasteiger partial charge in [0.2, 0.25) is 5.91 Å². The second-order valence-electron chi connectivity index (χ2n) is 5.46. The molecule has 1 amide bonds. The van der Waals surface area contributed by atoms with E-state index >= 15 is 0 Å². The number of rotatable bonds is 5. The van der Waals surface area contributed by atoms with Crippen LogP contribution in [0.5, 0.6) is 0 Å². The van der Waals surface area contributed by atoms with E-state index in [4.69, 9.17) is 9.26 Å². The zero-order valence-electron chi connectivity index (χ0n) is 12.5. The fraction of sp³-hybridized carbons (Fsp3) is 0.533. The third-order valence-electron chi connectivity index (χ3n) is 3.68. The summed E-state index contributed by atoms with van der Waals surface area (Å²) in [7, 11) is 0. The molecule has 7 heteroatoms. The lowest BCUT2D eigenvalue weighted by Crippen LogP contribution is -2.43. The van der Waals surface area contributed by atoms with Gasteiger partial charge < -0.3 is 14.2 Å². The predicted octanol–water partition coefficient (Wildman–Crippen LogP) is 2.19. The summed E-state index contributed by atoms with van der Waals surface area (Å²) in [5.74, 6) is 1.26. The summed E-state index contributed by atoms with van der Waals surface area (Å²) in [5.41, 5.74) is 1.08. The first-order valence-electron chi connectivity index (χ1n) is 7.40. The summed E-state index contributed by atoms with van der Waals surface area (Å²) in [6.07, 6.45) is 2.42. The van der Waals surface area contributed by atoms with Crippen LogP contribution in [0.2, 0.25) is 0 Å². The topological polar surface area (TPSA) is 68.5 Å². The molecule has 0 aromatic carbocycles. The first-order valence-corrected chi connectivity index (χ1v) is 8.34. The van der Waals surface area contributed by atoms with Crippen molar-refractivity contribution < 1.29 is 14.1 Å². The number of piperidine rings is 1. The molecule has 1 aliphatic heterocycles. The molecule has 1 aliphatic rings. The van der Waals surface area contributed by atoms with E-state index in [9.17, 15) is 4.79 Å². The van der Waals surface area contributed by atoms with Gasteiger partial charge in [-0.15, -0.1) is 0 Å². The zero-order valence-corrected chi connectivity index (χ0v) is 13.3. The van der Waals surface area contributed by atoms with E-state index in [1.165, 1.54) is 0 Å². The largest absolute Gasteiger partial charge is 0.367 e. The van der Waals surface area contributed by atoms with Crippen molar-refractivity contribution in [2.45, 2.75) is 38.9 Å². The van der Waals surface area contributed by atoms with Gasteiger partial charge in [-0.3, -0.25) is 4.79 Å². The lowest BCUT2D eigenvalue weighted by molar-refractivity contribution is -0.135. The number of carbonyl (C=O) groups excluding carboxylic acids is 1. The SMILES string of the molecule is Cc1noc(CO[C@@H]2CCCN(C(=O)Cc3ccsc3)C2)n1. The van der Waals surface area contributed by atoms with E-state index in [1.54, 1.807) is 18.3 Å². The number of hydrogen-bond donors (Lipinski definition) is 0. The van der Waals surface area contributed by atoms with Crippen LogP contribution in [-0.4, -0.2) is 40.1 Å². The highest BCUT2D eigenvalue weighted by molar-refractivity contribution is 7.07. The van der Waals surface area contributed by atoms with Gasteiger partial charge in [-0.1, -0.05) is 5.16 Å². The van der Waals surface area contributed by atoms with Gasteiger partial charge in [0.1, 0.15) is 6.61 Å². The van der Waals surface area contributed by atoms with Crippen molar-refractivity contribution >= 4 is 17.2 Å². The number of aromatic nitrogens is 2. The maximum Gasteiger partial charge on any atom is 0.252 e. The third-order valence-corrected chi connectivity index (χ3v) is 4.41. The number of thiophene rings is 1. The minimum absolute atomic E-state index is 0.0346. The Morgan fingerprint density at radius 1 is 1.59 bits per heavy atom. The lowest BCUT2D eigenvalue weighted by Gasteiger charge is -2.32. The van der Waals surface area contributed by atoms with E-state index in [-0.39, 0.29) is 12.0 Å². The van der Waals surface area contributed by atoms with Crippen molar-refractivity contribution in [2.24, 2.45) is 0 Å². The fourth-order valence-corrected chi connectivity index (χ4v) is 3.24. The van der Waals surface area contributed by atoms with Crippen molar-refractivity contribution in [3.63, 3.8) is 0 Å². The van der Waals surface area contributed by atoms with Crippen LogP contribution in [0.3, 0.4) is 0 Å². The highest BCUT2D eigenvalue weighted by atomic mass is 32.1. The molecule has 3 rings (SSSR count). The maximum absolute atomic E-state index is 12.3. The molecular formula is C15H19N3O3S. The molecule has 0 N–H and O–H groups in total. The molecule has 1 atom stereocenters. The smallest absolute Gasteiger partial charge is 0.252 e. The average molecular weight is 321 g/mol. The first-order chi connectivity index (χ1) is 10.7. The molecule has 0 radical (unpaired) electrons. The van der Waals surface area contributed by atoms with Crippen LogP contribution in [0, 0.1) is 6.92 Å². The Morgan fingerprint density at radius 2 is 2.50 bits per heavy atom. The van der Waals surface area contributed by atoms with Crippen LogP contribution < -0.4 is 0 Å². The average Bonchev–Trinajstić information content (AvgIpc) is 3.17. The molecule has 0 spiro atoms. The Kier molecular flexibility index (Phi) is 4.84. The van der Waals surface area contributed by atoms with E-state index in [2.05, 4.69) is 10.1 Å². The highest BCUT2D eigenvalue weighted by Gasteiger charge is 2.24. The molecule has 3 heterocycles. The van der Waals surface area contributed by atoms with Crippen molar-refractivity contribution in [3.8, 4) is 0 Å². The standard InChI is InChI=1S/C15H19N3O3S/c1-11-16-14(21-17-11)9-20-13-3-2-5-18(8-13)15(19)7-12-4-6-22-10-12/h4,6,10,13H,2-3,5,7-9H2,1H3/t13-/m1/s1. The normalized spacial score (nSPS) is 18.6. The zero-order chi connectivity index (χ0) is 15.4. The van der Waals surface area contributed by atoms with Crippen molar-refractivity contribution in [1.82, 2.24) is 15.0 Å². The highest BCUT2D eigenvalue weighted by Crippen LogP contribution is 2.17. The number of hydrogen-bond acceptors (Lipinski definition) is 6. The van der Waals surface area contributed by atoms with Gasteiger partial charge in [-0.25, -0.2) is 0 Å². The van der Waals surface area contributed by atoms with Gasteiger partial charge >= 0.3 is 0 Å². The minimum atomic E-state index is 0.0346. The number of nitrogens with zero attached hydrogens (tertiary/aromatic N) is 3. The van der Waals surface area contributed by atoms with Gasteiger partial charge in [0, 0.05) is 13.1 Å². The quantitative estimate of drug-likeness (QED) is 0.844. The van der Waals surface area contributed by atoms with Gasteiger partial charge in [-0.2, -0.15) is 16.3 Å². The Balaban J connectivity index is 1.49. The summed E-state index contributed by atoms with van der Waals surface area (Å²) in [6.45, 7) is 3.52. The van der Waals surface area contributed by atoms with Crippen LogP contribution in [0.15, 0.2) is 21.3 Å². The second kappa shape index (κ2) is 7.02. The monoisotopic (exact) mass is 321 g/mol. The molecule has 1 fully saturated rings. The van der Waals surface area contributed by atoms with Gasteiger partial charge in [0.15, 0.2) is 5.82 Å². The summed E-state index contributed by atoms with van der Waals surface area (Å²) in [6, 6.07) is 2.00. The maximum atomic E-state index is 12.3.